The minimum absolute atomic E-state index is 0.268. The van der Waals surface area contributed by atoms with Crippen molar-refractivity contribution in [2.24, 2.45) is 5.16 Å². The molecule has 0 atom stereocenters. The summed E-state index contributed by atoms with van der Waals surface area (Å²) in [6.07, 6.45) is 0. The van der Waals surface area contributed by atoms with Crippen LogP contribution in [0.1, 0.15) is 22.8 Å². The molecule has 102 valence electrons. The lowest BCUT2D eigenvalue weighted by molar-refractivity contribution is 0.102. The Hall–Kier alpha value is -2.33. The van der Waals surface area contributed by atoms with Crippen LogP contribution in [-0.4, -0.2) is 16.8 Å². The fraction of sp³-hybridized carbons (Fsp3) is 0.0667. The molecule has 1 amide bonds. The number of halogens is 1. The van der Waals surface area contributed by atoms with Gasteiger partial charge in [-0.3, -0.25) is 4.79 Å². The minimum Gasteiger partial charge on any atom is -0.411 e. The van der Waals surface area contributed by atoms with E-state index in [2.05, 4.69) is 10.5 Å². The van der Waals surface area contributed by atoms with Gasteiger partial charge in [0.1, 0.15) is 0 Å². The lowest BCUT2D eigenvalue weighted by atomic mass is 10.1. The van der Waals surface area contributed by atoms with Crippen molar-refractivity contribution >= 4 is 28.9 Å². The van der Waals surface area contributed by atoms with Gasteiger partial charge in [0.15, 0.2) is 0 Å². The molecule has 5 heteroatoms. The van der Waals surface area contributed by atoms with E-state index in [0.29, 0.717) is 22.0 Å². The first-order valence-corrected chi connectivity index (χ1v) is 6.34. The predicted molar refractivity (Wildman–Crippen MR) is 79.8 cm³/mol. The fourth-order valence-electron chi connectivity index (χ4n) is 1.70. The van der Waals surface area contributed by atoms with E-state index < -0.39 is 0 Å². The topological polar surface area (TPSA) is 61.7 Å². The third-order valence-corrected chi connectivity index (χ3v) is 3.16. The number of benzene rings is 2. The number of hydrogen-bond acceptors (Lipinski definition) is 3. The second kappa shape index (κ2) is 6.21. The van der Waals surface area contributed by atoms with Gasteiger partial charge in [-0.2, -0.15) is 0 Å². The molecule has 0 unspecified atom stereocenters. The Kier molecular flexibility index (Phi) is 4.38. The minimum atomic E-state index is -0.268. The summed E-state index contributed by atoms with van der Waals surface area (Å²) in [5.74, 6) is -0.268. The zero-order chi connectivity index (χ0) is 14.5. The summed E-state index contributed by atoms with van der Waals surface area (Å²) in [5.41, 5.74) is 2.35. The van der Waals surface area contributed by atoms with Crippen LogP contribution in [0.15, 0.2) is 53.7 Å². The lowest BCUT2D eigenvalue weighted by Gasteiger charge is -2.07. The van der Waals surface area contributed by atoms with Crippen LogP contribution in [0, 0.1) is 0 Å². The Morgan fingerprint density at radius 2 is 1.80 bits per heavy atom. The van der Waals surface area contributed by atoms with Crippen molar-refractivity contribution in [3.8, 4) is 0 Å². The molecule has 0 saturated carbocycles. The molecule has 2 aromatic carbocycles. The van der Waals surface area contributed by atoms with Gasteiger partial charge in [-0.25, -0.2) is 0 Å². The van der Waals surface area contributed by atoms with E-state index in [-0.39, 0.29) is 5.91 Å². The highest BCUT2D eigenvalue weighted by molar-refractivity contribution is 6.34. The SMILES string of the molecule is C/C(=N\O)c1ccc(NC(=O)c2ccccc2Cl)cc1. The van der Waals surface area contributed by atoms with Gasteiger partial charge < -0.3 is 10.5 Å². The molecule has 0 bridgehead atoms. The molecule has 0 heterocycles. The van der Waals surface area contributed by atoms with E-state index >= 15 is 0 Å². The lowest BCUT2D eigenvalue weighted by Crippen LogP contribution is -2.12. The molecular formula is C15H13ClN2O2. The average molecular weight is 289 g/mol. The highest BCUT2D eigenvalue weighted by Gasteiger charge is 2.09. The predicted octanol–water partition coefficient (Wildman–Crippen LogP) is 3.79. The van der Waals surface area contributed by atoms with Crippen LogP contribution in [0.25, 0.3) is 0 Å². The van der Waals surface area contributed by atoms with Crippen LogP contribution >= 0.6 is 11.6 Å². The van der Waals surface area contributed by atoms with Gasteiger partial charge in [0, 0.05) is 5.69 Å². The first kappa shape index (κ1) is 14.1. The molecule has 20 heavy (non-hydrogen) atoms. The van der Waals surface area contributed by atoms with Gasteiger partial charge in [-0.05, 0) is 36.8 Å². The number of anilines is 1. The second-order valence-electron chi connectivity index (χ2n) is 4.20. The number of rotatable bonds is 3. The van der Waals surface area contributed by atoms with E-state index in [1.165, 1.54) is 0 Å². The molecule has 2 rings (SSSR count). The Morgan fingerprint density at radius 1 is 1.15 bits per heavy atom. The molecule has 0 aliphatic heterocycles. The molecule has 4 nitrogen and oxygen atoms in total. The number of nitrogens with zero attached hydrogens (tertiary/aromatic N) is 1. The van der Waals surface area contributed by atoms with E-state index in [1.807, 2.05) is 0 Å². The van der Waals surface area contributed by atoms with Crippen LogP contribution in [0.3, 0.4) is 0 Å². The molecule has 0 saturated heterocycles. The van der Waals surface area contributed by atoms with E-state index in [1.54, 1.807) is 55.5 Å². The normalized spacial score (nSPS) is 11.2. The maximum atomic E-state index is 12.1. The Morgan fingerprint density at radius 3 is 2.40 bits per heavy atom. The molecule has 0 spiro atoms. The van der Waals surface area contributed by atoms with Crippen LogP contribution in [0.4, 0.5) is 5.69 Å². The van der Waals surface area contributed by atoms with Gasteiger partial charge >= 0.3 is 0 Å². The van der Waals surface area contributed by atoms with E-state index in [0.717, 1.165) is 5.56 Å². The number of nitrogens with one attached hydrogen (secondary N) is 1. The van der Waals surface area contributed by atoms with Gasteiger partial charge in [0.05, 0.1) is 16.3 Å². The zero-order valence-corrected chi connectivity index (χ0v) is 11.6. The molecule has 0 aliphatic carbocycles. The van der Waals surface area contributed by atoms with Crippen LogP contribution in [-0.2, 0) is 0 Å². The van der Waals surface area contributed by atoms with Gasteiger partial charge in [-0.1, -0.05) is 41.0 Å². The van der Waals surface area contributed by atoms with Crippen molar-refractivity contribution in [1.82, 2.24) is 0 Å². The molecule has 2 aromatic rings. The number of carbonyl (C=O) groups excluding carboxylic acids is 1. The summed E-state index contributed by atoms with van der Waals surface area (Å²) < 4.78 is 0. The Labute approximate surface area is 121 Å². The quantitative estimate of drug-likeness (QED) is 0.513. The standard InChI is InChI=1S/C15H13ClN2O2/c1-10(18-20)11-6-8-12(9-7-11)17-15(19)13-4-2-3-5-14(13)16/h2-9,20H,1H3,(H,17,19)/b18-10+. The third-order valence-electron chi connectivity index (χ3n) is 2.83. The molecule has 0 aliphatic rings. The summed E-state index contributed by atoms with van der Waals surface area (Å²) >= 11 is 5.97. The van der Waals surface area contributed by atoms with Crippen molar-refractivity contribution in [2.45, 2.75) is 6.92 Å². The summed E-state index contributed by atoms with van der Waals surface area (Å²) in [6, 6.07) is 13.8. The Balaban J connectivity index is 2.15. The molecule has 0 fully saturated rings. The Bertz CT molecular complexity index is 651. The van der Waals surface area contributed by atoms with Crippen molar-refractivity contribution < 1.29 is 10.0 Å². The van der Waals surface area contributed by atoms with Crippen LogP contribution < -0.4 is 5.32 Å². The van der Waals surface area contributed by atoms with Gasteiger partial charge in [-0.15, -0.1) is 0 Å². The van der Waals surface area contributed by atoms with Crippen LogP contribution in [0.2, 0.25) is 5.02 Å². The number of oxime groups is 1. The summed E-state index contributed by atoms with van der Waals surface area (Å²) in [5, 5.41) is 15.0. The third kappa shape index (κ3) is 3.16. The second-order valence-corrected chi connectivity index (χ2v) is 4.60. The van der Waals surface area contributed by atoms with Crippen LogP contribution in [0.5, 0.6) is 0 Å². The number of hydrogen-bond donors (Lipinski definition) is 2. The summed E-state index contributed by atoms with van der Waals surface area (Å²) in [7, 11) is 0. The highest BCUT2D eigenvalue weighted by atomic mass is 35.5. The van der Waals surface area contributed by atoms with Crippen molar-refractivity contribution in [3.05, 3.63) is 64.7 Å². The largest absolute Gasteiger partial charge is 0.411 e. The summed E-state index contributed by atoms with van der Waals surface area (Å²) in [4.78, 5) is 12.1. The maximum Gasteiger partial charge on any atom is 0.257 e. The maximum absolute atomic E-state index is 12.1. The van der Waals surface area contributed by atoms with E-state index in [9.17, 15) is 4.79 Å². The zero-order valence-electron chi connectivity index (χ0n) is 10.8. The van der Waals surface area contributed by atoms with E-state index in [4.69, 9.17) is 16.8 Å². The van der Waals surface area contributed by atoms with Crippen molar-refractivity contribution in [3.63, 3.8) is 0 Å². The highest BCUT2D eigenvalue weighted by Crippen LogP contribution is 2.17. The number of amides is 1. The van der Waals surface area contributed by atoms with Gasteiger partial charge in [0.2, 0.25) is 0 Å². The molecule has 0 radical (unpaired) electrons. The van der Waals surface area contributed by atoms with Crippen molar-refractivity contribution in [1.29, 1.82) is 0 Å². The number of carbonyl (C=O) groups is 1. The van der Waals surface area contributed by atoms with Gasteiger partial charge in [0.25, 0.3) is 5.91 Å². The smallest absolute Gasteiger partial charge is 0.257 e. The molecule has 2 N–H and O–H groups in total. The first-order chi connectivity index (χ1) is 9.61. The van der Waals surface area contributed by atoms with Crippen molar-refractivity contribution in [2.75, 3.05) is 5.32 Å². The first-order valence-electron chi connectivity index (χ1n) is 5.97. The average Bonchev–Trinajstić information content (AvgIpc) is 2.47. The molecular weight excluding hydrogens is 276 g/mol. The summed E-state index contributed by atoms with van der Waals surface area (Å²) in [6.45, 7) is 1.69. The monoisotopic (exact) mass is 288 g/mol. The molecule has 0 aromatic heterocycles. The fourth-order valence-corrected chi connectivity index (χ4v) is 1.92.